The molecule has 0 unspecified atom stereocenters. The maximum atomic E-state index is 8.56. The van der Waals surface area contributed by atoms with E-state index in [2.05, 4.69) is 6.92 Å². The Morgan fingerprint density at radius 1 is 0.824 bits per heavy atom. The molecular formula is C13H29NO3. The average Bonchev–Trinajstić information content (AvgIpc) is 2.26. The second-order valence-electron chi connectivity index (χ2n) is 4.25. The Morgan fingerprint density at radius 3 is 1.41 bits per heavy atom. The van der Waals surface area contributed by atoms with Crippen molar-refractivity contribution in [1.29, 1.82) is 0 Å². The summed E-state index contributed by atoms with van der Waals surface area (Å²) in [6.45, 7) is 3.14. The van der Waals surface area contributed by atoms with E-state index >= 15 is 0 Å². The van der Waals surface area contributed by atoms with E-state index in [-0.39, 0.29) is 0 Å². The van der Waals surface area contributed by atoms with Crippen molar-refractivity contribution >= 4 is 6.16 Å². The molecule has 0 atom stereocenters. The molecule has 0 spiro atoms. The topological polar surface area (TPSA) is 83.6 Å². The van der Waals surface area contributed by atoms with Gasteiger partial charge < -0.3 is 15.9 Å². The number of carboxylic acid groups (broad SMARTS) is 2. The molecule has 4 nitrogen and oxygen atoms in total. The first kappa shape index (κ1) is 18.6. The van der Waals surface area contributed by atoms with E-state index in [1.165, 1.54) is 64.2 Å². The Balaban J connectivity index is 0. The van der Waals surface area contributed by atoms with E-state index in [0.29, 0.717) is 0 Å². The fourth-order valence-corrected chi connectivity index (χ4v) is 1.63. The first-order valence-electron chi connectivity index (χ1n) is 6.77. The Hall–Kier alpha value is -0.770. The average molecular weight is 247 g/mol. The number of hydrogen-bond donors (Lipinski definition) is 3. The molecule has 0 saturated heterocycles. The molecule has 0 saturated carbocycles. The lowest BCUT2D eigenvalue weighted by molar-refractivity contribution is 0.137. The predicted molar refractivity (Wildman–Crippen MR) is 71.6 cm³/mol. The highest BCUT2D eigenvalue weighted by Crippen LogP contribution is 2.09. The SMILES string of the molecule is CCCCCCCCCCCCN.O=C(O)O. The van der Waals surface area contributed by atoms with Crippen LogP contribution in [0.1, 0.15) is 71.1 Å². The molecule has 4 N–H and O–H groups in total. The second-order valence-corrected chi connectivity index (χ2v) is 4.25. The van der Waals surface area contributed by atoms with Crippen molar-refractivity contribution in [2.45, 2.75) is 71.1 Å². The Morgan fingerprint density at radius 2 is 1.12 bits per heavy atom. The van der Waals surface area contributed by atoms with Crippen molar-refractivity contribution in [1.82, 2.24) is 0 Å². The number of hydrogen-bond acceptors (Lipinski definition) is 2. The molecule has 0 aromatic rings. The van der Waals surface area contributed by atoms with Crippen LogP contribution in [0.5, 0.6) is 0 Å². The summed E-state index contributed by atoms with van der Waals surface area (Å²) in [5, 5.41) is 13.9. The quantitative estimate of drug-likeness (QED) is 0.508. The Labute approximate surface area is 105 Å². The van der Waals surface area contributed by atoms with Gasteiger partial charge in [0.1, 0.15) is 0 Å². The molecule has 104 valence electrons. The maximum absolute atomic E-state index is 8.56. The maximum Gasteiger partial charge on any atom is 0.503 e. The lowest BCUT2D eigenvalue weighted by Gasteiger charge is -2.00. The van der Waals surface area contributed by atoms with Gasteiger partial charge in [-0.3, -0.25) is 0 Å². The van der Waals surface area contributed by atoms with Crippen molar-refractivity contribution in [3.63, 3.8) is 0 Å². The summed E-state index contributed by atoms with van der Waals surface area (Å²) in [5.74, 6) is 0. The Kier molecular flexibility index (Phi) is 19.3. The van der Waals surface area contributed by atoms with Crippen molar-refractivity contribution in [2.75, 3.05) is 6.54 Å². The van der Waals surface area contributed by atoms with Gasteiger partial charge in [-0.25, -0.2) is 4.79 Å². The zero-order valence-electron chi connectivity index (χ0n) is 11.2. The van der Waals surface area contributed by atoms with Gasteiger partial charge in [0.05, 0.1) is 0 Å². The van der Waals surface area contributed by atoms with Gasteiger partial charge in [0.2, 0.25) is 0 Å². The Bertz CT molecular complexity index is 138. The van der Waals surface area contributed by atoms with Crippen LogP contribution in [-0.4, -0.2) is 22.9 Å². The second kappa shape index (κ2) is 17.6. The number of rotatable bonds is 10. The van der Waals surface area contributed by atoms with E-state index < -0.39 is 6.16 Å². The van der Waals surface area contributed by atoms with E-state index in [4.69, 9.17) is 20.7 Å². The highest BCUT2D eigenvalue weighted by atomic mass is 16.6. The van der Waals surface area contributed by atoms with Crippen LogP contribution in [0.3, 0.4) is 0 Å². The molecule has 0 aliphatic rings. The minimum atomic E-state index is -1.83. The van der Waals surface area contributed by atoms with Crippen LogP contribution < -0.4 is 5.73 Å². The van der Waals surface area contributed by atoms with Gasteiger partial charge in [-0.1, -0.05) is 64.7 Å². The molecule has 0 aliphatic carbocycles. The van der Waals surface area contributed by atoms with Gasteiger partial charge in [0.25, 0.3) is 0 Å². The van der Waals surface area contributed by atoms with Gasteiger partial charge in [-0.2, -0.15) is 0 Å². The van der Waals surface area contributed by atoms with Crippen molar-refractivity contribution in [3.8, 4) is 0 Å². The molecular weight excluding hydrogens is 218 g/mol. The summed E-state index contributed by atoms with van der Waals surface area (Å²) in [5.41, 5.74) is 5.42. The molecule has 0 aromatic carbocycles. The van der Waals surface area contributed by atoms with Crippen molar-refractivity contribution in [3.05, 3.63) is 0 Å². The molecule has 0 aromatic heterocycles. The van der Waals surface area contributed by atoms with Gasteiger partial charge >= 0.3 is 6.16 Å². The van der Waals surface area contributed by atoms with Crippen LogP contribution in [-0.2, 0) is 0 Å². The molecule has 17 heavy (non-hydrogen) atoms. The fourth-order valence-electron chi connectivity index (χ4n) is 1.63. The van der Waals surface area contributed by atoms with Crippen LogP contribution in [0.15, 0.2) is 0 Å². The van der Waals surface area contributed by atoms with Crippen LogP contribution in [0, 0.1) is 0 Å². The normalized spacial score (nSPS) is 9.53. The fraction of sp³-hybridized carbons (Fsp3) is 0.923. The van der Waals surface area contributed by atoms with E-state index in [9.17, 15) is 0 Å². The van der Waals surface area contributed by atoms with E-state index in [0.717, 1.165) is 6.54 Å². The lowest BCUT2D eigenvalue weighted by atomic mass is 10.1. The summed E-state index contributed by atoms with van der Waals surface area (Å²) < 4.78 is 0. The summed E-state index contributed by atoms with van der Waals surface area (Å²) in [6.07, 6.45) is 12.1. The third-order valence-corrected chi connectivity index (χ3v) is 2.56. The van der Waals surface area contributed by atoms with Crippen molar-refractivity contribution < 1.29 is 15.0 Å². The van der Waals surface area contributed by atoms with Gasteiger partial charge in [0.15, 0.2) is 0 Å². The molecule has 0 bridgehead atoms. The highest BCUT2D eigenvalue weighted by Gasteiger charge is 1.91. The minimum absolute atomic E-state index is 0.872. The smallest absolute Gasteiger partial charge is 0.450 e. The third-order valence-electron chi connectivity index (χ3n) is 2.56. The molecule has 0 fully saturated rings. The van der Waals surface area contributed by atoms with Crippen LogP contribution in [0.25, 0.3) is 0 Å². The molecule has 0 amide bonds. The molecule has 0 rings (SSSR count). The summed E-state index contributed by atoms with van der Waals surface area (Å²) in [4.78, 5) is 8.56. The standard InChI is InChI=1S/C12H27N.CH2O3/c1-2-3-4-5-6-7-8-9-10-11-12-13;2-1(3)4/h2-13H2,1H3;(H2,2,3,4). The first-order valence-corrected chi connectivity index (χ1v) is 6.77. The molecule has 0 heterocycles. The predicted octanol–water partition coefficient (Wildman–Crippen LogP) is 4.09. The number of nitrogens with two attached hydrogens (primary N) is 1. The monoisotopic (exact) mass is 247 g/mol. The van der Waals surface area contributed by atoms with Gasteiger partial charge in [-0.05, 0) is 13.0 Å². The summed E-state index contributed by atoms with van der Waals surface area (Å²) in [7, 11) is 0. The number of carbonyl (C=O) groups is 1. The van der Waals surface area contributed by atoms with E-state index in [1.54, 1.807) is 0 Å². The molecule has 4 heteroatoms. The van der Waals surface area contributed by atoms with Crippen LogP contribution in [0.4, 0.5) is 4.79 Å². The van der Waals surface area contributed by atoms with Crippen molar-refractivity contribution in [2.24, 2.45) is 5.73 Å². The lowest BCUT2D eigenvalue weighted by Crippen LogP contribution is -1.97. The molecule has 0 radical (unpaired) electrons. The largest absolute Gasteiger partial charge is 0.503 e. The third kappa shape index (κ3) is 31.3. The summed E-state index contributed by atoms with van der Waals surface area (Å²) in [6, 6.07) is 0. The zero-order valence-corrected chi connectivity index (χ0v) is 11.2. The van der Waals surface area contributed by atoms with Crippen LogP contribution in [0.2, 0.25) is 0 Å². The van der Waals surface area contributed by atoms with Gasteiger partial charge in [0, 0.05) is 0 Å². The minimum Gasteiger partial charge on any atom is -0.450 e. The summed E-state index contributed by atoms with van der Waals surface area (Å²) >= 11 is 0. The first-order chi connectivity index (χ1) is 8.15. The van der Waals surface area contributed by atoms with E-state index in [1.807, 2.05) is 0 Å². The molecule has 0 aliphatic heterocycles. The van der Waals surface area contributed by atoms with Crippen LogP contribution >= 0.6 is 0 Å². The zero-order chi connectivity index (χ0) is 13.4. The number of unbranched alkanes of at least 4 members (excludes halogenated alkanes) is 9. The highest BCUT2D eigenvalue weighted by molar-refractivity contribution is 5.53. The van der Waals surface area contributed by atoms with Gasteiger partial charge in [-0.15, -0.1) is 0 Å².